The highest BCUT2D eigenvalue weighted by molar-refractivity contribution is 6.23. The SMILES string of the molecule is CCc1c(C(=CC(=O)O)C(C)=O)ccc(O)c1OC. The molecule has 0 bridgehead atoms. The third-order valence-corrected chi connectivity index (χ3v) is 2.73. The van der Waals surface area contributed by atoms with E-state index >= 15 is 0 Å². The number of rotatable bonds is 5. The van der Waals surface area contributed by atoms with Crippen molar-refractivity contribution < 1.29 is 24.5 Å². The second-order valence-corrected chi connectivity index (χ2v) is 3.95. The number of methoxy groups -OCH3 is 1. The number of aromatic hydroxyl groups is 1. The van der Waals surface area contributed by atoms with Gasteiger partial charge in [-0.3, -0.25) is 4.79 Å². The van der Waals surface area contributed by atoms with Crippen molar-refractivity contribution >= 4 is 17.3 Å². The average Bonchev–Trinajstić information content (AvgIpc) is 2.35. The first kappa shape index (κ1) is 14.8. The van der Waals surface area contributed by atoms with Crippen LogP contribution in [0, 0.1) is 0 Å². The van der Waals surface area contributed by atoms with Crippen molar-refractivity contribution in [2.45, 2.75) is 20.3 Å². The number of hydrogen-bond donors (Lipinski definition) is 2. The zero-order chi connectivity index (χ0) is 14.6. The molecule has 5 heteroatoms. The van der Waals surface area contributed by atoms with Gasteiger partial charge in [0, 0.05) is 17.2 Å². The molecule has 0 radical (unpaired) electrons. The molecule has 5 nitrogen and oxygen atoms in total. The summed E-state index contributed by atoms with van der Waals surface area (Å²) < 4.78 is 5.11. The fraction of sp³-hybridized carbons (Fsp3) is 0.286. The summed E-state index contributed by atoms with van der Waals surface area (Å²) in [4.78, 5) is 22.4. The maximum atomic E-state index is 11.6. The van der Waals surface area contributed by atoms with E-state index in [4.69, 9.17) is 9.84 Å². The molecule has 0 saturated heterocycles. The number of aliphatic carboxylic acids is 1. The molecule has 0 atom stereocenters. The van der Waals surface area contributed by atoms with Crippen molar-refractivity contribution in [3.05, 3.63) is 29.3 Å². The van der Waals surface area contributed by atoms with Crippen LogP contribution in [0.5, 0.6) is 11.5 Å². The molecule has 0 aliphatic carbocycles. The van der Waals surface area contributed by atoms with E-state index < -0.39 is 5.97 Å². The molecule has 0 spiro atoms. The van der Waals surface area contributed by atoms with E-state index in [2.05, 4.69) is 0 Å². The third kappa shape index (κ3) is 3.13. The summed E-state index contributed by atoms with van der Waals surface area (Å²) in [5.41, 5.74) is 1.15. The van der Waals surface area contributed by atoms with Crippen molar-refractivity contribution in [1.29, 1.82) is 0 Å². The number of carbonyl (C=O) groups is 2. The highest BCUT2D eigenvalue weighted by Gasteiger charge is 2.18. The molecule has 0 aliphatic heterocycles. The number of allylic oxidation sites excluding steroid dienone is 1. The predicted octanol–water partition coefficient (Wildman–Crippen LogP) is 2.02. The molecule has 0 aromatic heterocycles. The number of carboxylic acid groups (broad SMARTS) is 1. The Kier molecular flexibility index (Phi) is 4.69. The Morgan fingerprint density at radius 1 is 1.37 bits per heavy atom. The number of ketones is 1. The van der Waals surface area contributed by atoms with Gasteiger partial charge in [-0.15, -0.1) is 0 Å². The summed E-state index contributed by atoms with van der Waals surface area (Å²) in [5.74, 6) is -1.33. The van der Waals surface area contributed by atoms with Gasteiger partial charge in [-0.2, -0.15) is 0 Å². The Bertz CT molecular complexity index is 543. The number of phenolic OH excluding ortho intramolecular Hbond substituents is 1. The number of carboxylic acids is 1. The minimum atomic E-state index is -1.20. The second-order valence-electron chi connectivity index (χ2n) is 3.95. The first-order valence-corrected chi connectivity index (χ1v) is 5.77. The Labute approximate surface area is 111 Å². The van der Waals surface area contributed by atoms with Crippen molar-refractivity contribution in [2.24, 2.45) is 0 Å². The van der Waals surface area contributed by atoms with E-state index in [9.17, 15) is 14.7 Å². The van der Waals surface area contributed by atoms with Crippen LogP contribution in [-0.4, -0.2) is 29.1 Å². The van der Waals surface area contributed by atoms with Crippen LogP contribution in [0.2, 0.25) is 0 Å². The van der Waals surface area contributed by atoms with Gasteiger partial charge >= 0.3 is 5.97 Å². The van der Waals surface area contributed by atoms with Crippen LogP contribution in [0.1, 0.15) is 25.0 Å². The van der Waals surface area contributed by atoms with E-state index in [1.165, 1.54) is 26.2 Å². The molecule has 2 N–H and O–H groups in total. The summed E-state index contributed by atoms with van der Waals surface area (Å²) in [7, 11) is 1.41. The normalized spacial score (nSPS) is 11.2. The zero-order valence-electron chi connectivity index (χ0n) is 11.1. The fourth-order valence-electron chi connectivity index (χ4n) is 1.94. The molecule has 102 valence electrons. The highest BCUT2D eigenvalue weighted by atomic mass is 16.5. The number of benzene rings is 1. The van der Waals surface area contributed by atoms with Crippen molar-refractivity contribution in [2.75, 3.05) is 7.11 Å². The monoisotopic (exact) mass is 264 g/mol. The minimum Gasteiger partial charge on any atom is -0.504 e. The molecule has 1 aromatic rings. The molecule has 0 unspecified atom stereocenters. The molecular weight excluding hydrogens is 248 g/mol. The van der Waals surface area contributed by atoms with E-state index in [0.29, 0.717) is 17.5 Å². The first-order chi connectivity index (χ1) is 8.92. The lowest BCUT2D eigenvalue weighted by Gasteiger charge is -2.14. The van der Waals surface area contributed by atoms with Gasteiger partial charge < -0.3 is 14.9 Å². The number of ether oxygens (including phenoxy) is 1. The maximum absolute atomic E-state index is 11.6. The van der Waals surface area contributed by atoms with Gasteiger partial charge in [0.1, 0.15) is 0 Å². The Morgan fingerprint density at radius 3 is 2.42 bits per heavy atom. The van der Waals surface area contributed by atoms with Crippen molar-refractivity contribution in [1.82, 2.24) is 0 Å². The highest BCUT2D eigenvalue weighted by Crippen LogP contribution is 2.36. The number of hydrogen-bond acceptors (Lipinski definition) is 4. The molecule has 1 rings (SSSR count). The van der Waals surface area contributed by atoms with Gasteiger partial charge in [0.15, 0.2) is 17.3 Å². The topological polar surface area (TPSA) is 83.8 Å². The summed E-state index contributed by atoms with van der Waals surface area (Å²) >= 11 is 0. The second kappa shape index (κ2) is 6.04. The molecule has 0 amide bonds. The quantitative estimate of drug-likeness (QED) is 0.795. The maximum Gasteiger partial charge on any atom is 0.329 e. The van der Waals surface area contributed by atoms with Crippen LogP contribution >= 0.6 is 0 Å². The molecule has 0 saturated carbocycles. The van der Waals surface area contributed by atoms with Crippen LogP contribution in [0.4, 0.5) is 0 Å². The largest absolute Gasteiger partial charge is 0.504 e. The van der Waals surface area contributed by atoms with Gasteiger partial charge in [-0.1, -0.05) is 13.0 Å². The van der Waals surface area contributed by atoms with Gasteiger partial charge in [0.05, 0.1) is 7.11 Å². The van der Waals surface area contributed by atoms with Crippen molar-refractivity contribution in [3.63, 3.8) is 0 Å². The lowest BCUT2D eigenvalue weighted by Crippen LogP contribution is -2.05. The van der Waals surface area contributed by atoms with Crippen LogP contribution in [0.15, 0.2) is 18.2 Å². The van der Waals surface area contributed by atoms with Crippen LogP contribution < -0.4 is 4.74 Å². The molecule has 1 aromatic carbocycles. The van der Waals surface area contributed by atoms with Gasteiger partial charge in [0.25, 0.3) is 0 Å². The molecule has 0 fully saturated rings. The molecule has 0 heterocycles. The lowest BCUT2D eigenvalue weighted by atomic mass is 9.94. The van der Waals surface area contributed by atoms with Gasteiger partial charge in [-0.05, 0) is 25.0 Å². The number of phenols is 1. The summed E-state index contributed by atoms with van der Waals surface area (Å²) in [6, 6.07) is 2.90. The smallest absolute Gasteiger partial charge is 0.329 e. The Morgan fingerprint density at radius 2 is 2.00 bits per heavy atom. The number of Topliss-reactive ketones (excluding diaryl/α,β-unsaturated/α-hetero) is 1. The van der Waals surface area contributed by atoms with E-state index in [-0.39, 0.29) is 22.9 Å². The molecule has 0 aliphatic rings. The van der Waals surface area contributed by atoms with Crippen LogP contribution in [-0.2, 0) is 16.0 Å². The summed E-state index contributed by atoms with van der Waals surface area (Å²) in [6.07, 6.45) is 1.37. The lowest BCUT2D eigenvalue weighted by molar-refractivity contribution is -0.131. The summed E-state index contributed by atoms with van der Waals surface area (Å²) in [6.45, 7) is 3.13. The first-order valence-electron chi connectivity index (χ1n) is 5.77. The fourth-order valence-corrected chi connectivity index (χ4v) is 1.94. The third-order valence-electron chi connectivity index (χ3n) is 2.73. The molecule has 19 heavy (non-hydrogen) atoms. The van der Waals surface area contributed by atoms with E-state index in [1.54, 1.807) is 0 Å². The minimum absolute atomic E-state index is 0.0404. The van der Waals surface area contributed by atoms with Gasteiger partial charge in [-0.25, -0.2) is 4.79 Å². The Balaban J connectivity index is 3.56. The standard InChI is InChI=1S/C14H16O5/c1-4-9-10(5-6-12(16)14(9)19-3)11(8(2)15)7-13(17)18/h5-7,16H,4H2,1-3H3,(H,17,18). The predicted molar refractivity (Wildman–Crippen MR) is 70.3 cm³/mol. The van der Waals surface area contributed by atoms with Crippen LogP contribution in [0.25, 0.3) is 5.57 Å². The summed E-state index contributed by atoms with van der Waals surface area (Å²) in [5, 5.41) is 18.5. The van der Waals surface area contributed by atoms with E-state index in [0.717, 1.165) is 6.08 Å². The van der Waals surface area contributed by atoms with Gasteiger partial charge in [0.2, 0.25) is 0 Å². The average molecular weight is 264 g/mol. The van der Waals surface area contributed by atoms with Crippen molar-refractivity contribution in [3.8, 4) is 11.5 Å². The van der Waals surface area contributed by atoms with Crippen LogP contribution in [0.3, 0.4) is 0 Å². The molecular formula is C14H16O5. The zero-order valence-corrected chi connectivity index (χ0v) is 11.1. The van der Waals surface area contributed by atoms with E-state index in [1.807, 2.05) is 6.92 Å². The Hall–Kier alpha value is -2.30. The number of carbonyl (C=O) groups excluding carboxylic acids is 1.